The van der Waals surface area contributed by atoms with Crippen LogP contribution in [0, 0.1) is 5.82 Å². The largest absolute Gasteiger partial charge is 0.388 e. The van der Waals surface area contributed by atoms with E-state index in [2.05, 4.69) is 20.9 Å². The van der Waals surface area contributed by atoms with Gasteiger partial charge in [0.15, 0.2) is 0 Å². The second kappa shape index (κ2) is 8.85. The van der Waals surface area contributed by atoms with Gasteiger partial charge in [0.25, 0.3) is 5.56 Å². The molecule has 4 rings (SSSR count). The zero-order chi connectivity index (χ0) is 22.8. The number of thiophene rings is 1. The molecule has 0 aliphatic carbocycles. The maximum absolute atomic E-state index is 14.8. The van der Waals surface area contributed by atoms with Crippen molar-refractivity contribution in [1.29, 1.82) is 0 Å². The number of rotatable bonds is 5. The van der Waals surface area contributed by atoms with Crippen LogP contribution in [0.5, 0.6) is 0 Å². The van der Waals surface area contributed by atoms with Crippen LogP contribution >= 0.6 is 22.9 Å². The van der Waals surface area contributed by atoms with Gasteiger partial charge in [-0.15, -0.1) is 11.3 Å². The number of nitrogens with zero attached hydrogens (tertiary/aromatic N) is 1. The number of hydrogen-bond donors (Lipinski definition) is 4. The lowest BCUT2D eigenvalue weighted by Gasteiger charge is -2.11. The van der Waals surface area contributed by atoms with Crippen molar-refractivity contribution in [2.75, 3.05) is 17.7 Å². The molecule has 0 fully saturated rings. The van der Waals surface area contributed by atoms with E-state index >= 15 is 0 Å². The SMILES string of the molecule is CNc1ccc2c(=O)n(-c3ccc(NC(=O)NCc4ccc(Cl)s4)cc3F)c(=O)[nH]c2c1. The van der Waals surface area contributed by atoms with Crippen molar-refractivity contribution < 1.29 is 9.18 Å². The number of amides is 2. The Morgan fingerprint density at radius 1 is 1.12 bits per heavy atom. The van der Waals surface area contributed by atoms with Crippen LogP contribution in [-0.4, -0.2) is 22.6 Å². The van der Waals surface area contributed by atoms with E-state index in [0.717, 1.165) is 15.5 Å². The summed E-state index contributed by atoms with van der Waals surface area (Å²) in [6, 6.07) is 11.5. The Labute approximate surface area is 189 Å². The lowest BCUT2D eigenvalue weighted by molar-refractivity contribution is 0.252. The van der Waals surface area contributed by atoms with Gasteiger partial charge in [-0.25, -0.2) is 18.5 Å². The van der Waals surface area contributed by atoms with E-state index in [1.807, 2.05) is 0 Å². The van der Waals surface area contributed by atoms with Crippen molar-refractivity contribution in [2.24, 2.45) is 0 Å². The van der Waals surface area contributed by atoms with Gasteiger partial charge in [-0.05, 0) is 48.5 Å². The third kappa shape index (κ3) is 4.36. The zero-order valence-corrected chi connectivity index (χ0v) is 18.2. The van der Waals surface area contributed by atoms with Crippen LogP contribution in [0.2, 0.25) is 4.34 Å². The molecule has 0 saturated carbocycles. The molecule has 0 aliphatic heterocycles. The number of hydrogen-bond acceptors (Lipinski definition) is 5. The van der Waals surface area contributed by atoms with Gasteiger partial charge in [-0.1, -0.05) is 11.6 Å². The first kappa shape index (κ1) is 21.6. The molecule has 0 unspecified atom stereocenters. The predicted molar refractivity (Wildman–Crippen MR) is 125 cm³/mol. The van der Waals surface area contributed by atoms with Crippen molar-refractivity contribution in [2.45, 2.75) is 6.54 Å². The van der Waals surface area contributed by atoms with Crippen LogP contribution in [0.25, 0.3) is 16.6 Å². The van der Waals surface area contributed by atoms with Crippen LogP contribution in [0.3, 0.4) is 0 Å². The van der Waals surface area contributed by atoms with Crippen molar-refractivity contribution in [3.05, 3.63) is 84.4 Å². The number of anilines is 2. The zero-order valence-electron chi connectivity index (χ0n) is 16.7. The van der Waals surface area contributed by atoms with Gasteiger partial charge in [0.1, 0.15) is 5.82 Å². The molecular formula is C21H17ClFN5O3S. The maximum atomic E-state index is 14.8. The summed E-state index contributed by atoms with van der Waals surface area (Å²) >= 11 is 7.19. The summed E-state index contributed by atoms with van der Waals surface area (Å²) in [5, 5.41) is 8.30. The third-order valence-electron chi connectivity index (χ3n) is 4.68. The number of H-pyrrole nitrogens is 1. The van der Waals surface area contributed by atoms with E-state index in [1.165, 1.54) is 23.5 Å². The van der Waals surface area contributed by atoms with Crippen molar-refractivity contribution in [3.8, 4) is 5.69 Å². The summed E-state index contributed by atoms with van der Waals surface area (Å²) in [7, 11) is 1.71. The molecule has 2 amide bonds. The van der Waals surface area contributed by atoms with Gasteiger partial charge in [0.05, 0.1) is 27.5 Å². The average Bonchev–Trinajstić information content (AvgIpc) is 3.18. The molecular weight excluding hydrogens is 457 g/mol. The molecule has 32 heavy (non-hydrogen) atoms. The first-order valence-corrected chi connectivity index (χ1v) is 10.6. The van der Waals surface area contributed by atoms with Gasteiger partial charge >= 0.3 is 11.7 Å². The molecule has 0 atom stereocenters. The molecule has 8 nitrogen and oxygen atoms in total. The molecule has 11 heteroatoms. The quantitative estimate of drug-likeness (QED) is 0.352. The maximum Gasteiger partial charge on any atom is 0.333 e. The number of carbonyl (C=O) groups excluding carboxylic acids is 1. The molecule has 4 aromatic rings. The second-order valence-corrected chi connectivity index (χ2v) is 8.56. The fourth-order valence-corrected chi connectivity index (χ4v) is 4.17. The van der Waals surface area contributed by atoms with E-state index < -0.39 is 23.1 Å². The lowest BCUT2D eigenvalue weighted by atomic mass is 10.2. The molecule has 4 N–H and O–H groups in total. The van der Waals surface area contributed by atoms with Crippen molar-refractivity contribution >= 4 is 51.2 Å². The number of nitrogens with one attached hydrogen (secondary N) is 4. The Morgan fingerprint density at radius 2 is 1.91 bits per heavy atom. The molecule has 0 aliphatic rings. The Balaban J connectivity index is 1.58. The van der Waals surface area contributed by atoms with Crippen LogP contribution in [0.4, 0.5) is 20.6 Å². The van der Waals surface area contributed by atoms with Gasteiger partial charge in [-0.2, -0.15) is 0 Å². The highest BCUT2D eigenvalue weighted by molar-refractivity contribution is 7.16. The molecule has 2 heterocycles. The number of aromatic nitrogens is 2. The van der Waals surface area contributed by atoms with Gasteiger partial charge in [0, 0.05) is 23.3 Å². The minimum atomic E-state index is -0.841. The molecule has 0 bridgehead atoms. The van der Waals surface area contributed by atoms with Gasteiger partial charge in [0.2, 0.25) is 0 Å². The standard InChI is InChI=1S/C21H17ClFN5O3S/c1-24-11-2-5-14-16(9-11)27-21(31)28(19(14)29)17-6-3-12(8-15(17)23)26-20(30)25-10-13-4-7-18(22)32-13/h2-9,24H,10H2,1H3,(H,27,31)(H2,25,26,30). The summed E-state index contributed by atoms with van der Waals surface area (Å²) in [5.41, 5.74) is -0.439. The van der Waals surface area contributed by atoms with Crippen molar-refractivity contribution in [1.82, 2.24) is 14.9 Å². The number of benzene rings is 2. The molecule has 164 valence electrons. The van der Waals surface area contributed by atoms with Crippen molar-refractivity contribution in [3.63, 3.8) is 0 Å². The number of urea groups is 1. The van der Waals surface area contributed by atoms with Crippen LogP contribution in [0.15, 0.2) is 58.1 Å². The Kier molecular flexibility index (Phi) is 5.97. The molecule has 2 aromatic carbocycles. The second-order valence-electron chi connectivity index (χ2n) is 6.76. The molecule has 2 aromatic heterocycles. The highest BCUT2D eigenvalue weighted by Crippen LogP contribution is 2.21. The monoisotopic (exact) mass is 473 g/mol. The van der Waals surface area contributed by atoms with E-state index in [9.17, 15) is 18.8 Å². The smallest absolute Gasteiger partial charge is 0.333 e. The Morgan fingerprint density at radius 3 is 2.59 bits per heavy atom. The molecule has 0 radical (unpaired) electrons. The fraction of sp³-hybridized carbons (Fsp3) is 0.0952. The van der Waals surface area contributed by atoms with Crippen LogP contribution in [-0.2, 0) is 6.54 Å². The van der Waals surface area contributed by atoms with E-state index in [1.54, 1.807) is 37.4 Å². The number of carbonyl (C=O) groups is 1. The van der Waals surface area contributed by atoms with Crippen LogP contribution in [0.1, 0.15) is 4.88 Å². The predicted octanol–water partition coefficient (Wildman–Crippen LogP) is 3.90. The van der Waals surface area contributed by atoms with E-state index in [4.69, 9.17) is 11.6 Å². The molecule has 0 spiro atoms. The third-order valence-corrected chi connectivity index (χ3v) is 5.92. The first-order valence-electron chi connectivity index (χ1n) is 9.41. The topological polar surface area (TPSA) is 108 Å². The number of aromatic amines is 1. The lowest BCUT2D eigenvalue weighted by Crippen LogP contribution is -2.34. The minimum absolute atomic E-state index is 0.164. The summed E-state index contributed by atoms with van der Waals surface area (Å²) in [4.78, 5) is 40.9. The Bertz CT molecular complexity index is 1450. The highest BCUT2D eigenvalue weighted by atomic mass is 35.5. The summed E-state index contributed by atoms with van der Waals surface area (Å²) in [6.07, 6.45) is 0. The summed E-state index contributed by atoms with van der Waals surface area (Å²) < 4.78 is 16.1. The average molecular weight is 474 g/mol. The van der Waals surface area contributed by atoms with Gasteiger partial charge < -0.3 is 20.9 Å². The van der Waals surface area contributed by atoms with Crippen LogP contribution < -0.4 is 27.2 Å². The van der Waals surface area contributed by atoms with E-state index in [0.29, 0.717) is 15.5 Å². The minimum Gasteiger partial charge on any atom is -0.388 e. The van der Waals surface area contributed by atoms with Gasteiger partial charge in [-0.3, -0.25) is 4.79 Å². The molecule has 0 saturated heterocycles. The number of fused-ring (bicyclic) bond motifs is 1. The fourth-order valence-electron chi connectivity index (χ4n) is 3.15. The normalized spacial score (nSPS) is 10.8. The highest BCUT2D eigenvalue weighted by Gasteiger charge is 2.15. The first-order chi connectivity index (χ1) is 15.4. The number of halogens is 2. The van der Waals surface area contributed by atoms with E-state index in [-0.39, 0.29) is 23.3 Å². The summed E-state index contributed by atoms with van der Waals surface area (Å²) in [5.74, 6) is -0.841. The Hall–Kier alpha value is -3.63. The summed E-state index contributed by atoms with van der Waals surface area (Å²) in [6.45, 7) is 0.265.